The highest BCUT2D eigenvalue weighted by atomic mass is 35.5. The molecule has 18 heavy (non-hydrogen) atoms. The van der Waals surface area contributed by atoms with Crippen molar-refractivity contribution in [2.75, 3.05) is 13.2 Å². The second-order valence-corrected chi connectivity index (χ2v) is 5.01. The highest BCUT2D eigenvalue weighted by molar-refractivity contribution is 6.30. The highest BCUT2D eigenvalue weighted by Gasteiger charge is 2.15. The van der Waals surface area contributed by atoms with E-state index in [-0.39, 0.29) is 6.61 Å². The topological polar surface area (TPSA) is 41.5 Å². The number of halogens is 1. The van der Waals surface area contributed by atoms with Gasteiger partial charge < -0.3 is 9.84 Å². The Kier molecular flexibility index (Phi) is 5.49. The molecule has 1 aromatic rings. The van der Waals surface area contributed by atoms with Crippen molar-refractivity contribution in [3.8, 4) is 18.1 Å². The number of rotatable bonds is 6. The Labute approximate surface area is 113 Å². The molecule has 1 aromatic carbocycles. The van der Waals surface area contributed by atoms with Gasteiger partial charge in [-0.25, -0.2) is 0 Å². The fourth-order valence-electron chi connectivity index (χ4n) is 1.23. The van der Waals surface area contributed by atoms with E-state index in [4.69, 9.17) is 22.8 Å². The van der Waals surface area contributed by atoms with Crippen LogP contribution in [0.15, 0.2) is 24.3 Å². The van der Waals surface area contributed by atoms with Crippen molar-refractivity contribution in [3.05, 3.63) is 29.3 Å². The number of benzene rings is 1. The minimum Gasteiger partial charge on any atom is -0.491 e. The van der Waals surface area contributed by atoms with Gasteiger partial charge in [0.1, 0.15) is 18.5 Å². The van der Waals surface area contributed by atoms with Gasteiger partial charge >= 0.3 is 0 Å². The highest BCUT2D eigenvalue weighted by Crippen LogP contribution is 2.17. The lowest BCUT2D eigenvalue weighted by Gasteiger charge is -2.22. The molecule has 0 radical (unpaired) electrons. The zero-order valence-corrected chi connectivity index (χ0v) is 11.4. The third-order valence-electron chi connectivity index (χ3n) is 2.38. The third kappa shape index (κ3) is 5.42. The van der Waals surface area contributed by atoms with Gasteiger partial charge in [-0.3, -0.25) is 5.32 Å². The summed E-state index contributed by atoms with van der Waals surface area (Å²) in [5.74, 6) is 3.23. The molecule has 0 aliphatic carbocycles. The average Bonchev–Trinajstić information content (AvgIpc) is 2.34. The number of terminal acetylenes is 1. The first-order valence-corrected chi connectivity index (χ1v) is 6.10. The number of aliphatic hydroxyl groups is 1. The lowest BCUT2D eigenvalue weighted by Crippen LogP contribution is -2.43. The Bertz CT molecular complexity index is 426. The van der Waals surface area contributed by atoms with Crippen molar-refractivity contribution in [2.24, 2.45) is 0 Å². The van der Waals surface area contributed by atoms with Gasteiger partial charge in [0.25, 0.3) is 0 Å². The van der Waals surface area contributed by atoms with Gasteiger partial charge in [-0.1, -0.05) is 23.6 Å². The molecule has 1 unspecified atom stereocenters. The van der Waals surface area contributed by atoms with Crippen LogP contribution in [0.4, 0.5) is 0 Å². The zero-order valence-electron chi connectivity index (χ0n) is 10.6. The van der Waals surface area contributed by atoms with Gasteiger partial charge in [0, 0.05) is 11.6 Å². The van der Waals surface area contributed by atoms with Gasteiger partial charge in [0.05, 0.1) is 5.54 Å². The Morgan fingerprint density at radius 2 is 2.28 bits per heavy atom. The Morgan fingerprint density at radius 3 is 2.89 bits per heavy atom. The number of nitrogens with one attached hydrogen (secondary N) is 1. The second kappa shape index (κ2) is 6.65. The largest absolute Gasteiger partial charge is 0.491 e. The van der Waals surface area contributed by atoms with E-state index in [0.29, 0.717) is 17.3 Å². The summed E-state index contributed by atoms with van der Waals surface area (Å²) >= 11 is 5.82. The lowest BCUT2D eigenvalue weighted by molar-refractivity contribution is 0.102. The molecule has 0 heterocycles. The van der Waals surface area contributed by atoms with Crippen LogP contribution >= 0.6 is 11.6 Å². The van der Waals surface area contributed by atoms with Crippen LogP contribution in [0, 0.1) is 12.3 Å². The molecule has 0 aliphatic rings. The summed E-state index contributed by atoms with van der Waals surface area (Å²) in [6.45, 7) is 4.31. The molecule has 4 heteroatoms. The predicted molar refractivity (Wildman–Crippen MR) is 73.9 cm³/mol. The monoisotopic (exact) mass is 267 g/mol. The van der Waals surface area contributed by atoms with Gasteiger partial charge in [0.15, 0.2) is 0 Å². The van der Waals surface area contributed by atoms with Crippen molar-refractivity contribution in [1.29, 1.82) is 0 Å². The van der Waals surface area contributed by atoms with Gasteiger partial charge in [-0.2, -0.15) is 0 Å². The van der Waals surface area contributed by atoms with E-state index in [2.05, 4.69) is 11.2 Å². The summed E-state index contributed by atoms with van der Waals surface area (Å²) in [6, 6.07) is 7.05. The first-order chi connectivity index (χ1) is 8.43. The van der Waals surface area contributed by atoms with Gasteiger partial charge in [-0.15, -0.1) is 6.42 Å². The second-order valence-electron chi connectivity index (χ2n) is 4.57. The first-order valence-electron chi connectivity index (χ1n) is 5.72. The van der Waals surface area contributed by atoms with Crippen LogP contribution in [0.2, 0.25) is 5.02 Å². The summed E-state index contributed by atoms with van der Waals surface area (Å²) in [5.41, 5.74) is -0.433. The van der Waals surface area contributed by atoms with Crippen LogP contribution in [0.25, 0.3) is 0 Å². The molecule has 1 atom stereocenters. The molecule has 98 valence electrons. The normalized spacial score (nSPS) is 12.8. The van der Waals surface area contributed by atoms with Crippen LogP contribution in [-0.4, -0.2) is 29.9 Å². The molecule has 0 saturated carbocycles. The van der Waals surface area contributed by atoms with Crippen molar-refractivity contribution in [1.82, 2.24) is 5.32 Å². The van der Waals surface area contributed by atoms with Crippen molar-refractivity contribution >= 4 is 11.6 Å². The molecule has 2 N–H and O–H groups in total. The van der Waals surface area contributed by atoms with E-state index in [1.165, 1.54) is 0 Å². The predicted octanol–water partition coefficient (Wildman–Crippen LogP) is 2.08. The van der Waals surface area contributed by atoms with E-state index < -0.39 is 11.6 Å². The first kappa shape index (κ1) is 14.8. The quantitative estimate of drug-likeness (QED) is 0.776. The molecule has 0 aromatic heterocycles. The summed E-state index contributed by atoms with van der Waals surface area (Å²) in [4.78, 5) is 0. The number of aliphatic hydroxyl groups excluding tert-OH is 1. The summed E-state index contributed by atoms with van der Waals surface area (Å²) < 4.78 is 5.42. The summed E-state index contributed by atoms with van der Waals surface area (Å²) in [7, 11) is 0. The number of ether oxygens (including phenoxy) is 1. The van der Waals surface area contributed by atoms with E-state index in [1.807, 2.05) is 13.8 Å². The standard InChI is InChI=1S/C14H18ClNO2/c1-4-14(2,3)16-9-12(17)10-18-13-7-5-6-11(15)8-13/h1,5-8,12,16-17H,9-10H2,2-3H3. The van der Waals surface area contributed by atoms with Crippen LogP contribution in [0.1, 0.15) is 13.8 Å². The van der Waals surface area contributed by atoms with Gasteiger partial charge in [0.2, 0.25) is 0 Å². The molecule has 0 bridgehead atoms. The van der Waals surface area contributed by atoms with Crippen LogP contribution in [0.3, 0.4) is 0 Å². The average molecular weight is 268 g/mol. The molecule has 0 spiro atoms. The molecule has 0 aliphatic heterocycles. The smallest absolute Gasteiger partial charge is 0.120 e. The molecular formula is C14H18ClNO2. The SMILES string of the molecule is C#CC(C)(C)NCC(O)COc1cccc(Cl)c1. The van der Waals surface area contributed by atoms with Gasteiger partial charge in [-0.05, 0) is 32.0 Å². The minimum atomic E-state index is -0.628. The third-order valence-corrected chi connectivity index (χ3v) is 2.61. The van der Waals surface area contributed by atoms with Crippen LogP contribution in [-0.2, 0) is 0 Å². The fraction of sp³-hybridized carbons (Fsp3) is 0.429. The maximum Gasteiger partial charge on any atom is 0.120 e. The lowest BCUT2D eigenvalue weighted by atomic mass is 10.1. The van der Waals surface area contributed by atoms with E-state index in [1.54, 1.807) is 24.3 Å². The maximum absolute atomic E-state index is 9.75. The minimum absolute atomic E-state index is 0.188. The van der Waals surface area contributed by atoms with E-state index >= 15 is 0 Å². The van der Waals surface area contributed by atoms with Crippen molar-refractivity contribution < 1.29 is 9.84 Å². The molecule has 1 rings (SSSR count). The number of hydrogen-bond acceptors (Lipinski definition) is 3. The Morgan fingerprint density at radius 1 is 1.56 bits per heavy atom. The molecule has 0 saturated heterocycles. The fourth-order valence-corrected chi connectivity index (χ4v) is 1.41. The van der Waals surface area contributed by atoms with E-state index in [0.717, 1.165) is 0 Å². The molecule has 0 amide bonds. The number of hydrogen-bond donors (Lipinski definition) is 2. The van der Waals surface area contributed by atoms with E-state index in [9.17, 15) is 5.11 Å². The maximum atomic E-state index is 9.75. The van der Waals surface area contributed by atoms with Crippen LogP contribution < -0.4 is 10.1 Å². The molecule has 3 nitrogen and oxygen atoms in total. The van der Waals surface area contributed by atoms with Crippen LogP contribution in [0.5, 0.6) is 5.75 Å². The Hall–Kier alpha value is -1.21. The van der Waals surface area contributed by atoms with Crippen molar-refractivity contribution in [2.45, 2.75) is 25.5 Å². The zero-order chi connectivity index (χ0) is 13.6. The molecule has 0 fully saturated rings. The van der Waals surface area contributed by atoms with Crippen molar-refractivity contribution in [3.63, 3.8) is 0 Å². The summed E-state index contributed by atoms with van der Waals surface area (Å²) in [5, 5.41) is 13.4. The Balaban J connectivity index is 2.34. The summed E-state index contributed by atoms with van der Waals surface area (Å²) in [6.07, 6.45) is 4.71. The molecular weight excluding hydrogens is 250 g/mol. The number of β-amino-alcohol motifs (C(OH)–C–C–N with tert-alkyl or cyclic N) is 1.